The molecular formula is C17H16N2. The fourth-order valence-electron chi connectivity index (χ4n) is 2.57. The van der Waals surface area contributed by atoms with Crippen LogP contribution >= 0.6 is 0 Å². The molecule has 0 N–H and O–H groups in total. The van der Waals surface area contributed by atoms with Crippen molar-refractivity contribution in [1.82, 2.24) is 0 Å². The van der Waals surface area contributed by atoms with Crippen molar-refractivity contribution in [2.24, 2.45) is 0 Å². The number of nitrogens with zero attached hydrogens (tertiary/aromatic N) is 2. The van der Waals surface area contributed by atoms with E-state index < -0.39 is 0 Å². The number of rotatable bonds is 2. The Kier molecular flexibility index (Phi) is 3.20. The molecule has 1 saturated heterocycles. The lowest BCUT2D eigenvalue weighted by molar-refractivity contribution is 0.949. The fraction of sp³-hybridized carbons (Fsp3) is 0.235. The maximum Gasteiger partial charge on any atom is 0.187 e. The van der Waals surface area contributed by atoms with Crippen molar-refractivity contribution in [2.45, 2.75) is 12.8 Å². The van der Waals surface area contributed by atoms with E-state index in [1.165, 1.54) is 42.7 Å². The highest BCUT2D eigenvalue weighted by atomic mass is 15.1. The molecule has 0 saturated carbocycles. The molecule has 0 amide bonds. The minimum Gasteiger partial charge on any atom is -0.372 e. The zero-order valence-electron chi connectivity index (χ0n) is 10.8. The third kappa shape index (κ3) is 2.46. The van der Waals surface area contributed by atoms with E-state index in [-0.39, 0.29) is 0 Å². The van der Waals surface area contributed by atoms with Crippen molar-refractivity contribution in [2.75, 3.05) is 18.0 Å². The van der Waals surface area contributed by atoms with Crippen molar-refractivity contribution < 1.29 is 0 Å². The average molecular weight is 248 g/mol. The maximum absolute atomic E-state index is 6.96. The Morgan fingerprint density at radius 1 is 0.789 bits per heavy atom. The molecule has 1 aliphatic rings. The van der Waals surface area contributed by atoms with Gasteiger partial charge in [0.2, 0.25) is 0 Å². The van der Waals surface area contributed by atoms with Crippen molar-refractivity contribution >= 4 is 11.4 Å². The van der Waals surface area contributed by atoms with Gasteiger partial charge in [-0.05, 0) is 36.1 Å². The number of hydrogen-bond donors (Lipinski definition) is 0. The molecular weight excluding hydrogens is 232 g/mol. The Hall–Kier alpha value is -2.27. The Bertz CT molecular complexity index is 585. The van der Waals surface area contributed by atoms with Crippen LogP contribution in [-0.2, 0) is 0 Å². The highest BCUT2D eigenvalue weighted by Crippen LogP contribution is 2.26. The van der Waals surface area contributed by atoms with Gasteiger partial charge in [-0.15, -0.1) is 0 Å². The average Bonchev–Trinajstić information content (AvgIpc) is 3.02. The first-order valence-electron chi connectivity index (χ1n) is 6.70. The lowest BCUT2D eigenvalue weighted by atomic mass is 10.0. The van der Waals surface area contributed by atoms with Crippen LogP contribution in [0.25, 0.3) is 16.0 Å². The van der Waals surface area contributed by atoms with E-state index in [1.807, 2.05) is 24.3 Å². The quantitative estimate of drug-likeness (QED) is 0.710. The van der Waals surface area contributed by atoms with Crippen molar-refractivity contribution in [3.05, 3.63) is 59.9 Å². The van der Waals surface area contributed by atoms with Crippen LogP contribution in [0.15, 0.2) is 48.5 Å². The van der Waals surface area contributed by atoms with Gasteiger partial charge in [0.05, 0.1) is 6.57 Å². The van der Waals surface area contributed by atoms with Crippen LogP contribution in [0.4, 0.5) is 11.4 Å². The summed E-state index contributed by atoms with van der Waals surface area (Å²) in [6.45, 7) is 9.32. The molecule has 3 rings (SSSR count). The first-order chi connectivity index (χ1) is 9.36. The molecule has 0 bridgehead atoms. The summed E-state index contributed by atoms with van der Waals surface area (Å²) in [7, 11) is 0. The molecule has 0 radical (unpaired) electrons. The number of anilines is 1. The van der Waals surface area contributed by atoms with Gasteiger partial charge in [-0.3, -0.25) is 0 Å². The number of hydrogen-bond acceptors (Lipinski definition) is 1. The highest BCUT2D eigenvalue weighted by molar-refractivity contribution is 5.68. The summed E-state index contributed by atoms with van der Waals surface area (Å²) in [4.78, 5) is 5.85. The Balaban J connectivity index is 1.83. The summed E-state index contributed by atoms with van der Waals surface area (Å²) in [5, 5.41) is 0. The molecule has 1 aliphatic heterocycles. The zero-order chi connectivity index (χ0) is 13.1. The van der Waals surface area contributed by atoms with Gasteiger partial charge in [0.25, 0.3) is 0 Å². The minimum atomic E-state index is 0.692. The molecule has 94 valence electrons. The van der Waals surface area contributed by atoms with E-state index in [0.29, 0.717) is 5.69 Å². The largest absolute Gasteiger partial charge is 0.372 e. The van der Waals surface area contributed by atoms with Crippen LogP contribution in [0.2, 0.25) is 0 Å². The van der Waals surface area contributed by atoms with Crippen LogP contribution < -0.4 is 4.90 Å². The second-order valence-corrected chi connectivity index (χ2v) is 4.90. The molecule has 0 unspecified atom stereocenters. The van der Waals surface area contributed by atoms with E-state index in [2.05, 4.69) is 34.0 Å². The topological polar surface area (TPSA) is 7.60 Å². The lowest BCUT2D eigenvalue weighted by Gasteiger charge is -2.17. The minimum absolute atomic E-state index is 0.692. The second-order valence-electron chi connectivity index (χ2n) is 4.90. The summed E-state index contributed by atoms with van der Waals surface area (Å²) >= 11 is 0. The third-order valence-corrected chi connectivity index (χ3v) is 3.67. The lowest BCUT2D eigenvalue weighted by Crippen LogP contribution is -2.17. The van der Waals surface area contributed by atoms with Gasteiger partial charge in [0, 0.05) is 18.8 Å². The highest BCUT2D eigenvalue weighted by Gasteiger charge is 2.11. The summed E-state index contributed by atoms with van der Waals surface area (Å²) in [5.41, 5.74) is 4.39. The third-order valence-electron chi connectivity index (χ3n) is 3.67. The molecule has 1 fully saturated rings. The Morgan fingerprint density at radius 3 is 1.84 bits per heavy atom. The molecule has 2 aromatic carbocycles. The van der Waals surface area contributed by atoms with Crippen LogP contribution in [-0.4, -0.2) is 13.1 Å². The van der Waals surface area contributed by atoms with E-state index in [4.69, 9.17) is 6.57 Å². The summed E-state index contributed by atoms with van der Waals surface area (Å²) < 4.78 is 0. The van der Waals surface area contributed by atoms with Gasteiger partial charge in [-0.1, -0.05) is 36.4 Å². The van der Waals surface area contributed by atoms with Crippen LogP contribution in [0.3, 0.4) is 0 Å². The second kappa shape index (κ2) is 5.16. The maximum atomic E-state index is 6.96. The molecule has 2 nitrogen and oxygen atoms in total. The monoisotopic (exact) mass is 248 g/mol. The Labute approximate surface area is 114 Å². The molecule has 19 heavy (non-hydrogen) atoms. The summed E-state index contributed by atoms with van der Waals surface area (Å²) in [5.74, 6) is 0. The molecule has 0 aromatic heterocycles. The summed E-state index contributed by atoms with van der Waals surface area (Å²) in [6.07, 6.45) is 2.61. The van der Waals surface area contributed by atoms with Crippen molar-refractivity contribution in [3.8, 4) is 11.1 Å². The summed E-state index contributed by atoms with van der Waals surface area (Å²) in [6, 6.07) is 16.5. The van der Waals surface area contributed by atoms with Gasteiger partial charge in [0.15, 0.2) is 5.69 Å². The smallest absolute Gasteiger partial charge is 0.187 e. The van der Waals surface area contributed by atoms with Crippen molar-refractivity contribution in [1.29, 1.82) is 0 Å². The van der Waals surface area contributed by atoms with Crippen LogP contribution in [0.1, 0.15) is 12.8 Å². The first-order valence-corrected chi connectivity index (χ1v) is 6.70. The Morgan fingerprint density at radius 2 is 1.32 bits per heavy atom. The predicted octanol–water partition coefficient (Wildman–Crippen LogP) is 4.50. The van der Waals surface area contributed by atoms with Gasteiger partial charge in [-0.2, -0.15) is 0 Å². The molecule has 2 aromatic rings. The molecule has 2 heteroatoms. The predicted molar refractivity (Wildman–Crippen MR) is 79.6 cm³/mol. The standard InChI is InChI=1S/C17H16N2/c1-18-16-8-4-14(5-9-16)15-6-10-17(11-7-15)19-12-2-3-13-19/h4-11H,2-3,12-13H2. The van der Waals surface area contributed by atoms with Gasteiger partial charge >= 0.3 is 0 Å². The van der Waals surface area contributed by atoms with Gasteiger partial charge in [0.1, 0.15) is 0 Å². The molecule has 0 atom stereocenters. The van der Waals surface area contributed by atoms with E-state index in [9.17, 15) is 0 Å². The molecule has 0 aliphatic carbocycles. The van der Waals surface area contributed by atoms with Crippen LogP contribution in [0, 0.1) is 6.57 Å². The first kappa shape index (κ1) is 11.8. The van der Waals surface area contributed by atoms with Crippen LogP contribution in [0.5, 0.6) is 0 Å². The molecule has 1 heterocycles. The van der Waals surface area contributed by atoms with Gasteiger partial charge < -0.3 is 4.90 Å². The number of benzene rings is 2. The van der Waals surface area contributed by atoms with E-state index in [1.54, 1.807) is 0 Å². The normalized spacial score (nSPS) is 14.4. The van der Waals surface area contributed by atoms with E-state index >= 15 is 0 Å². The van der Waals surface area contributed by atoms with Gasteiger partial charge in [-0.25, -0.2) is 4.85 Å². The fourth-order valence-corrected chi connectivity index (χ4v) is 2.57. The van der Waals surface area contributed by atoms with Crippen molar-refractivity contribution in [3.63, 3.8) is 0 Å². The zero-order valence-corrected chi connectivity index (χ0v) is 10.8. The SMILES string of the molecule is [C-]#[N+]c1ccc(-c2ccc(N3CCCC3)cc2)cc1. The van der Waals surface area contributed by atoms with E-state index in [0.717, 1.165) is 0 Å². The molecule has 0 spiro atoms.